The number of hydrogen-bond donors (Lipinski definition) is 1. The first-order chi connectivity index (χ1) is 8.88. The molecule has 1 saturated carbocycles. The molecule has 0 aromatic heterocycles. The van der Waals surface area contributed by atoms with Gasteiger partial charge in [-0.1, -0.05) is 23.2 Å². The number of benzene rings is 1. The van der Waals surface area contributed by atoms with Crippen molar-refractivity contribution in [1.29, 1.82) is 0 Å². The third kappa shape index (κ3) is 3.11. The van der Waals surface area contributed by atoms with Gasteiger partial charge in [-0.25, -0.2) is 0 Å². The van der Waals surface area contributed by atoms with Gasteiger partial charge < -0.3 is 10.0 Å². The van der Waals surface area contributed by atoms with E-state index in [0.29, 0.717) is 18.2 Å². The second-order valence-corrected chi connectivity index (χ2v) is 5.70. The largest absolute Gasteiger partial charge is 0.393 e. The van der Waals surface area contributed by atoms with Gasteiger partial charge in [0.25, 0.3) is 5.69 Å². The molecule has 0 heterocycles. The average Bonchev–Trinajstić information content (AvgIpc) is 2.25. The molecule has 5 nitrogen and oxygen atoms in total. The first-order valence-electron chi connectivity index (χ1n) is 5.91. The Morgan fingerprint density at radius 1 is 1.42 bits per heavy atom. The quantitative estimate of drug-likeness (QED) is 0.685. The van der Waals surface area contributed by atoms with E-state index in [1.165, 1.54) is 12.1 Å². The standard InChI is InChI=1S/C12H14Cl2N2O3/c1-15(6-7-2-9(17)3-7)12-10(13)4-8(16(18)19)5-11(12)14/h4-5,7,9,17H,2-3,6H2,1H3. The minimum absolute atomic E-state index is 0.119. The van der Waals surface area contributed by atoms with Crippen LogP contribution in [0.4, 0.5) is 11.4 Å². The molecular formula is C12H14Cl2N2O3. The van der Waals surface area contributed by atoms with E-state index < -0.39 is 4.92 Å². The Kier molecular flexibility index (Phi) is 4.18. The maximum Gasteiger partial charge on any atom is 0.272 e. The lowest BCUT2D eigenvalue weighted by Crippen LogP contribution is -2.37. The van der Waals surface area contributed by atoms with Crippen LogP contribution in [0.15, 0.2) is 12.1 Å². The summed E-state index contributed by atoms with van der Waals surface area (Å²) in [5.41, 5.74) is 0.474. The topological polar surface area (TPSA) is 66.6 Å². The number of anilines is 1. The van der Waals surface area contributed by atoms with E-state index in [1.807, 2.05) is 11.9 Å². The molecule has 7 heteroatoms. The molecule has 1 aliphatic carbocycles. The molecule has 0 aliphatic heterocycles. The van der Waals surface area contributed by atoms with Gasteiger partial charge in [0, 0.05) is 25.7 Å². The molecule has 19 heavy (non-hydrogen) atoms. The summed E-state index contributed by atoms with van der Waals surface area (Å²) >= 11 is 12.1. The van der Waals surface area contributed by atoms with Crippen LogP contribution < -0.4 is 4.90 Å². The van der Waals surface area contributed by atoms with Gasteiger partial charge in [0.2, 0.25) is 0 Å². The zero-order chi connectivity index (χ0) is 14.2. The van der Waals surface area contributed by atoms with E-state index in [2.05, 4.69) is 0 Å². The normalized spacial score (nSPS) is 21.9. The lowest BCUT2D eigenvalue weighted by Gasteiger charge is -2.35. The van der Waals surface area contributed by atoms with Gasteiger partial charge in [-0.3, -0.25) is 10.1 Å². The number of halogens is 2. The second-order valence-electron chi connectivity index (χ2n) is 4.89. The van der Waals surface area contributed by atoms with E-state index in [4.69, 9.17) is 23.2 Å². The molecule has 2 rings (SSSR count). The molecule has 0 bridgehead atoms. The van der Waals surface area contributed by atoms with Crippen molar-refractivity contribution in [3.05, 3.63) is 32.3 Å². The summed E-state index contributed by atoms with van der Waals surface area (Å²) in [5, 5.41) is 20.5. The van der Waals surface area contributed by atoms with Crippen molar-refractivity contribution in [1.82, 2.24) is 0 Å². The molecular weight excluding hydrogens is 291 g/mol. The Hall–Kier alpha value is -1.04. The lowest BCUT2D eigenvalue weighted by atomic mass is 9.82. The number of aliphatic hydroxyl groups excluding tert-OH is 1. The highest BCUT2D eigenvalue weighted by Gasteiger charge is 2.29. The summed E-state index contributed by atoms with van der Waals surface area (Å²) in [6.07, 6.45) is 1.33. The summed E-state index contributed by atoms with van der Waals surface area (Å²) in [6.45, 7) is 0.717. The van der Waals surface area contributed by atoms with Crippen molar-refractivity contribution < 1.29 is 10.0 Å². The average molecular weight is 305 g/mol. The van der Waals surface area contributed by atoms with Gasteiger partial charge in [-0.15, -0.1) is 0 Å². The third-order valence-electron chi connectivity index (χ3n) is 3.34. The van der Waals surface area contributed by atoms with Crippen LogP contribution >= 0.6 is 23.2 Å². The summed E-state index contributed by atoms with van der Waals surface area (Å²) in [6, 6.07) is 2.60. The van der Waals surface area contributed by atoms with Gasteiger partial charge in [-0.2, -0.15) is 0 Å². The third-order valence-corrected chi connectivity index (χ3v) is 3.91. The lowest BCUT2D eigenvalue weighted by molar-refractivity contribution is -0.384. The number of hydrogen-bond acceptors (Lipinski definition) is 4. The first-order valence-corrected chi connectivity index (χ1v) is 6.66. The molecule has 104 valence electrons. The number of nitro groups is 1. The summed E-state index contributed by atoms with van der Waals surface area (Å²) in [5.74, 6) is 0.405. The number of nitrogens with zero attached hydrogens (tertiary/aromatic N) is 2. The van der Waals surface area contributed by atoms with E-state index in [0.717, 1.165) is 12.8 Å². The molecule has 0 saturated heterocycles. The molecule has 0 atom stereocenters. The highest BCUT2D eigenvalue weighted by molar-refractivity contribution is 6.39. The van der Waals surface area contributed by atoms with Crippen LogP contribution in [0.25, 0.3) is 0 Å². The maximum atomic E-state index is 10.7. The first kappa shape index (κ1) is 14.4. The molecule has 0 amide bonds. The molecule has 1 aromatic carbocycles. The maximum absolute atomic E-state index is 10.7. The fraction of sp³-hybridized carbons (Fsp3) is 0.500. The molecule has 1 aromatic rings. The zero-order valence-electron chi connectivity index (χ0n) is 10.3. The van der Waals surface area contributed by atoms with E-state index in [1.54, 1.807) is 0 Å². The summed E-state index contributed by atoms with van der Waals surface area (Å²) in [7, 11) is 1.84. The minimum atomic E-state index is -0.524. The van der Waals surface area contributed by atoms with Crippen molar-refractivity contribution in [3.8, 4) is 0 Å². The van der Waals surface area contributed by atoms with Crippen LogP contribution in [0.1, 0.15) is 12.8 Å². The molecule has 1 N–H and O–H groups in total. The van der Waals surface area contributed by atoms with E-state index >= 15 is 0 Å². The Bertz CT molecular complexity index is 481. The van der Waals surface area contributed by atoms with Gasteiger partial charge in [0.05, 0.1) is 26.8 Å². The Morgan fingerprint density at radius 3 is 2.37 bits per heavy atom. The van der Waals surface area contributed by atoms with E-state index in [9.17, 15) is 15.2 Å². The Morgan fingerprint density at radius 2 is 1.95 bits per heavy atom. The van der Waals surface area contributed by atoms with Crippen LogP contribution in [0.5, 0.6) is 0 Å². The van der Waals surface area contributed by atoms with Crippen molar-refractivity contribution in [2.45, 2.75) is 18.9 Å². The van der Waals surface area contributed by atoms with Crippen molar-refractivity contribution in [3.63, 3.8) is 0 Å². The number of non-ortho nitro benzene ring substituents is 1. The fourth-order valence-corrected chi connectivity index (χ4v) is 3.11. The Balaban J connectivity index is 2.17. The Labute approximate surface area is 120 Å². The van der Waals surface area contributed by atoms with Gasteiger partial charge in [0.1, 0.15) is 0 Å². The van der Waals surface area contributed by atoms with Gasteiger partial charge in [-0.05, 0) is 18.8 Å². The predicted molar refractivity (Wildman–Crippen MR) is 75.1 cm³/mol. The number of nitro benzene ring substituents is 1. The van der Waals surface area contributed by atoms with Crippen LogP contribution in [0.3, 0.4) is 0 Å². The van der Waals surface area contributed by atoms with Crippen LogP contribution in [-0.2, 0) is 0 Å². The van der Waals surface area contributed by atoms with Crippen molar-refractivity contribution >= 4 is 34.6 Å². The molecule has 0 radical (unpaired) electrons. The second kappa shape index (κ2) is 5.53. The minimum Gasteiger partial charge on any atom is -0.393 e. The zero-order valence-corrected chi connectivity index (χ0v) is 11.9. The van der Waals surface area contributed by atoms with Crippen molar-refractivity contribution in [2.75, 3.05) is 18.5 Å². The van der Waals surface area contributed by atoms with Gasteiger partial charge >= 0.3 is 0 Å². The van der Waals surface area contributed by atoms with Crippen LogP contribution in [0.2, 0.25) is 10.0 Å². The number of aliphatic hydroxyl groups is 1. The highest BCUT2D eigenvalue weighted by atomic mass is 35.5. The molecule has 1 fully saturated rings. The molecule has 0 spiro atoms. The molecule has 0 unspecified atom stereocenters. The predicted octanol–water partition coefficient (Wildman–Crippen LogP) is 3.11. The van der Waals surface area contributed by atoms with E-state index in [-0.39, 0.29) is 21.8 Å². The monoisotopic (exact) mass is 304 g/mol. The summed E-state index contributed by atoms with van der Waals surface area (Å²) < 4.78 is 0. The van der Waals surface area contributed by atoms with Crippen LogP contribution in [0, 0.1) is 16.0 Å². The summed E-state index contributed by atoms with van der Waals surface area (Å²) in [4.78, 5) is 12.1. The smallest absolute Gasteiger partial charge is 0.272 e. The van der Waals surface area contributed by atoms with Gasteiger partial charge in [0.15, 0.2) is 0 Å². The van der Waals surface area contributed by atoms with Crippen LogP contribution in [-0.4, -0.2) is 29.7 Å². The highest BCUT2D eigenvalue weighted by Crippen LogP contribution is 2.38. The number of rotatable bonds is 4. The SMILES string of the molecule is CN(CC1CC(O)C1)c1c(Cl)cc([N+](=O)[O-])cc1Cl. The fourth-order valence-electron chi connectivity index (χ4n) is 2.35. The van der Waals surface area contributed by atoms with Crippen molar-refractivity contribution in [2.24, 2.45) is 5.92 Å². The molecule has 1 aliphatic rings.